The Balaban J connectivity index is 4.08. The highest BCUT2D eigenvalue weighted by atomic mass is 32.3. The summed E-state index contributed by atoms with van der Waals surface area (Å²) in [5, 5.41) is 0. The van der Waals surface area contributed by atoms with Gasteiger partial charge in [0.2, 0.25) is 16.6 Å². The zero-order valence-electron chi connectivity index (χ0n) is 13.2. The third kappa shape index (κ3) is 13.6. The van der Waals surface area contributed by atoms with Crippen molar-refractivity contribution in [3.05, 3.63) is 0 Å². The Bertz CT molecular complexity index is 467. The van der Waals surface area contributed by atoms with Crippen LogP contribution in [0.4, 0.5) is 0 Å². The third-order valence-electron chi connectivity index (χ3n) is 1.45. The molecule has 0 fully saturated rings. The van der Waals surface area contributed by atoms with E-state index in [1.165, 1.54) is 0 Å². The van der Waals surface area contributed by atoms with E-state index in [0.717, 1.165) is 0 Å². The zero-order valence-corrected chi connectivity index (χ0v) is 16.8. The summed E-state index contributed by atoms with van der Waals surface area (Å²) in [6.45, 7) is 9.78. The van der Waals surface area contributed by atoms with E-state index in [4.69, 9.17) is 7.74 Å². The first-order valence-corrected chi connectivity index (χ1v) is 15.8. The lowest BCUT2D eigenvalue weighted by Crippen LogP contribution is -2.31. The molecule has 0 N–H and O–H groups in total. The Kier molecular flexibility index (Phi) is 7.69. The van der Waals surface area contributed by atoms with Crippen molar-refractivity contribution in [1.29, 1.82) is 0 Å². The van der Waals surface area contributed by atoms with Crippen molar-refractivity contribution in [1.82, 2.24) is 0 Å². The molecule has 0 aliphatic heterocycles. The van der Waals surface area contributed by atoms with Gasteiger partial charge < -0.3 is 0 Å². The van der Waals surface area contributed by atoms with Gasteiger partial charge in [-0.25, -0.2) is 8.37 Å². The van der Waals surface area contributed by atoms with Crippen molar-refractivity contribution >= 4 is 37.4 Å². The molecule has 0 unspecified atom stereocenters. The van der Waals surface area contributed by atoms with Crippen LogP contribution in [0.15, 0.2) is 0 Å². The van der Waals surface area contributed by atoms with Crippen LogP contribution in [0, 0.1) is 0 Å². The molecule has 0 rings (SSSR count). The van der Waals surface area contributed by atoms with Crippen LogP contribution in [0.25, 0.3) is 0 Å². The summed E-state index contributed by atoms with van der Waals surface area (Å²) in [5.41, 5.74) is 0. The molecule has 0 atom stereocenters. The fourth-order valence-corrected chi connectivity index (χ4v) is 6.97. The van der Waals surface area contributed by atoms with Crippen LogP contribution in [0.1, 0.15) is 6.42 Å². The van der Waals surface area contributed by atoms with Gasteiger partial charge in [-0.05, 0) is 45.7 Å². The molecule has 0 aromatic carbocycles. The largest absolute Gasteiger partial charge is 0.390 e. The molecule has 0 saturated heterocycles. The van der Waals surface area contributed by atoms with Crippen molar-refractivity contribution in [3.63, 3.8) is 0 Å². The molecule has 0 amide bonds. The average Bonchev–Trinajstić information content (AvgIpc) is 2.07. The topological polar surface area (TPSA) is 105 Å². The summed E-state index contributed by atoms with van der Waals surface area (Å²) in [7, 11) is -12.7. The van der Waals surface area contributed by atoms with Crippen LogP contribution in [-0.4, -0.2) is 46.7 Å². The first-order valence-electron chi connectivity index (χ1n) is 6.32. The van der Waals surface area contributed by atoms with Crippen molar-refractivity contribution in [2.45, 2.75) is 45.7 Å². The molecule has 128 valence electrons. The molecule has 0 aliphatic carbocycles. The minimum atomic E-state index is -4.05. The van der Waals surface area contributed by atoms with E-state index in [2.05, 4.69) is 8.37 Å². The normalized spacial score (nSPS) is 14.4. The van der Waals surface area contributed by atoms with Gasteiger partial charge in [0.05, 0.1) is 13.2 Å². The fourth-order valence-electron chi connectivity index (χ4n) is 1.04. The highest BCUT2D eigenvalue weighted by Crippen LogP contribution is 2.11. The van der Waals surface area contributed by atoms with Gasteiger partial charge in [-0.2, -0.15) is 16.8 Å². The summed E-state index contributed by atoms with van der Waals surface area (Å²) in [6.07, 6.45) is 0.0720. The lowest BCUT2D eigenvalue weighted by molar-refractivity contribution is 0.221. The molecule has 21 heavy (non-hydrogen) atoms. The fraction of sp³-hybridized carbons (Fsp3) is 1.00. The Labute approximate surface area is 129 Å². The molecule has 0 bridgehead atoms. The predicted octanol–water partition coefficient (Wildman–Crippen LogP) is 1.60. The van der Waals surface area contributed by atoms with E-state index in [1.54, 1.807) is 39.3 Å². The highest BCUT2D eigenvalue weighted by Gasteiger charge is 2.26. The monoisotopic (exact) mass is 380 g/mol. The second kappa shape index (κ2) is 7.63. The quantitative estimate of drug-likeness (QED) is 0.416. The highest BCUT2D eigenvalue weighted by molar-refractivity contribution is 7.83. The summed E-state index contributed by atoms with van der Waals surface area (Å²) in [6, 6.07) is 0. The SMILES string of the molecule is C[Si](C)(C)OS(=O)(=O)OCCCOS(=O)(=O)O[Si](C)(C)C. The first-order chi connectivity index (χ1) is 9.12. The number of hydrogen-bond acceptors (Lipinski definition) is 8. The standard InChI is InChI=1S/C9H24O8S2Si2/c1-20(2,3)16-18(10,11)14-8-7-9-15-19(12,13)17-21(4,5)6/h7-9H2,1-6H3. The van der Waals surface area contributed by atoms with Crippen LogP contribution in [-0.2, 0) is 36.9 Å². The van der Waals surface area contributed by atoms with Crippen LogP contribution in [0.5, 0.6) is 0 Å². The van der Waals surface area contributed by atoms with Crippen LogP contribution >= 0.6 is 0 Å². The van der Waals surface area contributed by atoms with E-state index < -0.39 is 37.4 Å². The van der Waals surface area contributed by atoms with Gasteiger partial charge in [0.25, 0.3) is 0 Å². The van der Waals surface area contributed by atoms with Crippen molar-refractivity contribution in [3.8, 4) is 0 Å². The van der Waals surface area contributed by atoms with E-state index in [0.29, 0.717) is 0 Å². The van der Waals surface area contributed by atoms with Gasteiger partial charge in [-0.1, -0.05) is 0 Å². The lowest BCUT2D eigenvalue weighted by atomic mass is 10.5. The molecule has 0 radical (unpaired) electrons. The Hall–Kier alpha value is 0.174. The van der Waals surface area contributed by atoms with Crippen LogP contribution < -0.4 is 0 Å². The Morgan fingerprint density at radius 3 is 1.19 bits per heavy atom. The maximum atomic E-state index is 11.4. The maximum absolute atomic E-state index is 11.4. The van der Waals surface area contributed by atoms with E-state index in [9.17, 15) is 16.8 Å². The molecule has 0 saturated carbocycles. The summed E-state index contributed by atoms with van der Waals surface area (Å²) in [4.78, 5) is 0. The molecule has 12 heteroatoms. The molecule has 8 nitrogen and oxygen atoms in total. The zero-order chi connectivity index (χ0) is 16.9. The van der Waals surface area contributed by atoms with Gasteiger partial charge >= 0.3 is 20.8 Å². The van der Waals surface area contributed by atoms with Crippen molar-refractivity contribution < 1.29 is 32.9 Å². The Morgan fingerprint density at radius 1 is 0.667 bits per heavy atom. The average molecular weight is 381 g/mol. The molecule has 0 aromatic heterocycles. The van der Waals surface area contributed by atoms with Gasteiger partial charge in [0, 0.05) is 0 Å². The molecular formula is C9H24O8S2Si2. The van der Waals surface area contributed by atoms with E-state index >= 15 is 0 Å². The number of rotatable bonds is 10. The third-order valence-corrected chi connectivity index (χ3v) is 7.99. The van der Waals surface area contributed by atoms with Gasteiger partial charge in [-0.15, -0.1) is 0 Å². The summed E-state index contributed by atoms with van der Waals surface area (Å²) in [5.74, 6) is 0. The molecular weight excluding hydrogens is 356 g/mol. The minimum absolute atomic E-state index is 0.0720. The molecule has 0 spiro atoms. The number of hydrogen-bond donors (Lipinski definition) is 0. The van der Waals surface area contributed by atoms with Gasteiger partial charge in [0.15, 0.2) is 0 Å². The van der Waals surface area contributed by atoms with Gasteiger partial charge in [-0.3, -0.25) is 7.74 Å². The maximum Gasteiger partial charge on any atom is 0.390 e. The second-order valence-corrected chi connectivity index (χ2v) is 18.1. The smallest absolute Gasteiger partial charge is 0.294 e. The first kappa shape index (κ1) is 21.2. The van der Waals surface area contributed by atoms with Gasteiger partial charge in [0.1, 0.15) is 0 Å². The summed E-state index contributed by atoms with van der Waals surface area (Å²) < 4.78 is 64.5. The van der Waals surface area contributed by atoms with Crippen LogP contribution in [0.2, 0.25) is 39.3 Å². The van der Waals surface area contributed by atoms with Crippen LogP contribution in [0.3, 0.4) is 0 Å². The van der Waals surface area contributed by atoms with E-state index in [1.807, 2.05) is 0 Å². The molecule has 0 heterocycles. The van der Waals surface area contributed by atoms with E-state index in [-0.39, 0.29) is 19.6 Å². The molecule has 0 aliphatic rings. The minimum Gasteiger partial charge on any atom is -0.294 e. The lowest BCUT2D eigenvalue weighted by Gasteiger charge is -2.17. The molecule has 0 aromatic rings. The predicted molar refractivity (Wildman–Crippen MR) is 83.2 cm³/mol. The van der Waals surface area contributed by atoms with Crippen molar-refractivity contribution in [2.24, 2.45) is 0 Å². The van der Waals surface area contributed by atoms with Crippen molar-refractivity contribution in [2.75, 3.05) is 13.2 Å². The second-order valence-electron chi connectivity index (χ2n) is 6.21. The Morgan fingerprint density at radius 2 is 0.952 bits per heavy atom. The summed E-state index contributed by atoms with van der Waals surface area (Å²) >= 11 is 0.